The van der Waals surface area contributed by atoms with Crippen LogP contribution < -0.4 is 5.32 Å². The fourth-order valence-electron chi connectivity index (χ4n) is 2.38. The number of piperazine rings is 1. The highest BCUT2D eigenvalue weighted by atomic mass is 16.5. The van der Waals surface area contributed by atoms with Crippen molar-refractivity contribution in [1.29, 1.82) is 0 Å². The van der Waals surface area contributed by atoms with Gasteiger partial charge in [-0.2, -0.15) is 0 Å². The van der Waals surface area contributed by atoms with Crippen LogP contribution in [-0.2, 0) is 9.47 Å². The third-order valence-corrected chi connectivity index (χ3v) is 3.83. The maximum Gasteiger partial charge on any atom is 0.0824 e. The summed E-state index contributed by atoms with van der Waals surface area (Å²) >= 11 is 0. The van der Waals surface area contributed by atoms with E-state index >= 15 is 0 Å². The second kappa shape index (κ2) is 8.17. The molecule has 0 aromatic rings. The molecule has 2 aliphatic rings. The van der Waals surface area contributed by atoms with Crippen LogP contribution in [0.15, 0.2) is 0 Å². The predicted octanol–water partition coefficient (Wildman–Crippen LogP) is 0.0174. The Balaban J connectivity index is 1.47. The highest BCUT2D eigenvalue weighted by molar-refractivity contribution is 4.76. The van der Waals surface area contributed by atoms with Gasteiger partial charge in [-0.15, -0.1) is 0 Å². The van der Waals surface area contributed by atoms with Crippen LogP contribution in [0.2, 0.25) is 0 Å². The molecule has 2 fully saturated rings. The van der Waals surface area contributed by atoms with E-state index in [4.69, 9.17) is 9.47 Å². The molecule has 0 unspecified atom stereocenters. The lowest BCUT2D eigenvalue weighted by Crippen LogP contribution is -2.51. The van der Waals surface area contributed by atoms with Crippen molar-refractivity contribution in [3.8, 4) is 0 Å². The van der Waals surface area contributed by atoms with Crippen LogP contribution in [0.5, 0.6) is 0 Å². The number of rotatable bonds is 8. The Labute approximate surface area is 117 Å². The van der Waals surface area contributed by atoms with Gasteiger partial charge in [0.25, 0.3) is 0 Å². The molecule has 0 bridgehead atoms. The number of hydrogen-bond donors (Lipinski definition) is 1. The largest absolute Gasteiger partial charge is 0.377 e. The first kappa shape index (κ1) is 15.2. The van der Waals surface area contributed by atoms with Gasteiger partial charge in [0, 0.05) is 52.4 Å². The van der Waals surface area contributed by atoms with Crippen molar-refractivity contribution in [1.82, 2.24) is 15.1 Å². The molecule has 0 spiro atoms. The van der Waals surface area contributed by atoms with E-state index in [1.165, 1.54) is 0 Å². The molecule has 5 heteroatoms. The van der Waals surface area contributed by atoms with Gasteiger partial charge in [-0.25, -0.2) is 0 Å². The molecule has 5 nitrogen and oxygen atoms in total. The average Bonchev–Trinajstić information content (AvgIpc) is 2.34. The summed E-state index contributed by atoms with van der Waals surface area (Å²) in [5.74, 6) is 0. The third kappa shape index (κ3) is 5.75. The van der Waals surface area contributed by atoms with Crippen molar-refractivity contribution in [3.63, 3.8) is 0 Å². The van der Waals surface area contributed by atoms with Crippen molar-refractivity contribution in [2.24, 2.45) is 0 Å². The Kier molecular flexibility index (Phi) is 6.53. The lowest BCUT2D eigenvalue weighted by molar-refractivity contribution is -0.00139. The van der Waals surface area contributed by atoms with Crippen LogP contribution in [0, 0.1) is 0 Å². The van der Waals surface area contributed by atoms with Crippen LogP contribution in [-0.4, -0.2) is 87.6 Å². The molecule has 112 valence electrons. The summed E-state index contributed by atoms with van der Waals surface area (Å²) in [5.41, 5.74) is 0. The molecule has 0 amide bonds. The van der Waals surface area contributed by atoms with Gasteiger partial charge in [0.15, 0.2) is 0 Å². The summed E-state index contributed by atoms with van der Waals surface area (Å²) in [6, 6.07) is 0. The zero-order valence-corrected chi connectivity index (χ0v) is 12.4. The zero-order valence-electron chi connectivity index (χ0n) is 12.4. The van der Waals surface area contributed by atoms with Gasteiger partial charge in [0.1, 0.15) is 0 Å². The second-order valence-electron chi connectivity index (χ2n) is 5.75. The minimum atomic E-state index is 0.347. The van der Waals surface area contributed by atoms with Gasteiger partial charge in [0.05, 0.1) is 25.4 Å². The van der Waals surface area contributed by atoms with Crippen LogP contribution in [0.3, 0.4) is 0 Å². The molecule has 19 heavy (non-hydrogen) atoms. The fourth-order valence-corrected chi connectivity index (χ4v) is 2.38. The molecule has 2 saturated heterocycles. The van der Waals surface area contributed by atoms with Crippen LogP contribution in [0.1, 0.15) is 13.8 Å². The van der Waals surface area contributed by atoms with Gasteiger partial charge >= 0.3 is 0 Å². The minimum Gasteiger partial charge on any atom is -0.377 e. The number of nitrogens with one attached hydrogen (secondary N) is 1. The van der Waals surface area contributed by atoms with Gasteiger partial charge < -0.3 is 14.8 Å². The van der Waals surface area contributed by atoms with Crippen molar-refractivity contribution in [2.75, 3.05) is 65.6 Å². The number of nitrogens with zero attached hydrogens (tertiary/aromatic N) is 2. The predicted molar refractivity (Wildman–Crippen MR) is 76.6 cm³/mol. The van der Waals surface area contributed by atoms with Crippen molar-refractivity contribution in [3.05, 3.63) is 0 Å². The first-order valence-electron chi connectivity index (χ1n) is 7.62. The fraction of sp³-hybridized carbons (Fsp3) is 1.00. The van der Waals surface area contributed by atoms with Gasteiger partial charge in [-0.05, 0) is 13.8 Å². The van der Waals surface area contributed by atoms with E-state index in [1.54, 1.807) is 0 Å². The average molecular weight is 271 g/mol. The molecule has 0 atom stereocenters. The van der Waals surface area contributed by atoms with Crippen molar-refractivity contribution in [2.45, 2.75) is 26.1 Å². The normalized spacial score (nSPS) is 22.9. The van der Waals surface area contributed by atoms with Crippen molar-refractivity contribution < 1.29 is 9.47 Å². The highest BCUT2D eigenvalue weighted by Gasteiger charge is 2.19. The van der Waals surface area contributed by atoms with Gasteiger partial charge in [0.2, 0.25) is 0 Å². The molecular weight excluding hydrogens is 242 g/mol. The Hall–Kier alpha value is -0.200. The van der Waals surface area contributed by atoms with E-state index in [9.17, 15) is 0 Å². The standard InChI is InChI=1S/C14H29N3O2/c1-13(2)18-9-7-16-3-5-17(6-4-16)8-10-19-14-11-15-12-14/h13-15H,3-12H2,1-2H3. The Bertz CT molecular complexity index is 239. The molecule has 2 rings (SSSR count). The monoisotopic (exact) mass is 271 g/mol. The molecule has 0 saturated carbocycles. The van der Waals surface area contributed by atoms with Crippen LogP contribution in [0.25, 0.3) is 0 Å². The second-order valence-corrected chi connectivity index (χ2v) is 5.75. The topological polar surface area (TPSA) is 37.0 Å². The van der Waals surface area contributed by atoms with Gasteiger partial charge in [-0.3, -0.25) is 9.80 Å². The summed E-state index contributed by atoms with van der Waals surface area (Å²) in [5, 5.41) is 3.23. The van der Waals surface area contributed by atoms with Crippen LogP contribution >= 0.6 is 0 Å². The lowest BCUT2D eigenvalue weighted by atomic mass is 10.2. The van der Waals surface area contributed by atoms with Crippen molar-refractivity contribution >= 4 is 0 Å². The molecular formula is C14H29N3O2. The van der Waals surface area contributed by atoms with E-state index < -0.39 is 0 Å². The molecule has 1 N–H and O–H groups in total. The first-order valence-corrected chi connectivity index (χ1v) is 7.62. The quantitative estimate of drug-likeness (QED) is 0.673. The first-order chi connectivity index (χ1) is 9.24. The maximum absolute atomic E-state index is 5.76. The number of hydrogen-bond acceptors (Lipinski definition) is 5. The highest BCUT2D eigenvalue weighted by Crippen LogP contribution is 2.03. The van der Waals surface area contributed by atoms with E-state index in [-0.39, 0.29) is 0 Å². The summed E-state index contributed by atoms with van der Waals surface area (Å²) in [7, 11) is 0. The summed E-state index contributed by atoms with van der Waals surface area (Å²) in [4.78, 5) is 5.00. The molecule has 0 aliphatic carbocycles. The van der Waals surface area contributed by atoms with E-state index in [2.05, 4.69) is 29.0 Å². The zero-order chi connectivity index (χ0) is 13.5. The lowest BCUT2D eigenvalue weighted by Gasteiger charge is -2.35. The van der Waals surface area contributed by atoms with E-state index in [1.807, 2.05) is 0 Å². The number of ether oxygens (including phenoxy) is 2. The van der Waals surface area contributed by atoms with Crippen LogP contribution in [0.4, 0.5) is 0 Å². The minimum absolute atomic E-state index is 0.347. The SMILES string of the molecule is CC(C)OCCN1CCN(CCOC2CNC2)CC1. The third-order valence-electron chi connectivity index (χ3n) is 3.83. The molecule has 2 heterocycles. The molecule has 0 aromatic carbocycles. The summed E-state index contributed by atoms with van der Waals surface area (Å²) in [6.45, 7) is 14.8. The van der Waals surface area contributed by atoms with Gasteiger partial charge in [-0.1, -0.05) is 0 Å². The molecule has 2 aliphatic heterocycles. The summed E-state index contributed by atoms with van der Waals surface area (Å²) < 4.78 is 11.4. The summed E-state index contributed by atoms with van der Waals surface area (Å²) in [6.07, 6.45) is 0.814. The van der Waals surface area contributed by atoms with E-state index in [0.29, 0.717) is 12.2 Å². The van der Waals surface area contributed by atoms with E-state index in [0.717, 1.165) is 65.6 Å². The Morgan fingerprint density at radius 2 is 1.58 bits per heavy atom. The smallest absolute Gasteiger partial charge is 0.0824 e. The molecule has 0 radical (unpaired) electrons. The Morgan fingerprint density at radius 1 is 1.00 bits per heavy atom. The molecule has 0 aromatic heterocycles. The maximum atomic E-state index is 5.76. The Morgan fingerprint density at radius 3 is 2.05 bits per heavy atom.